The summed E-state index contributed by atoms with van der Waals surface area (Å²) >= 11 is 0. The van der Waals surface area contributed by atoms with Crippen LogP contribution in [-0.4, -0.2) is 37.2 Å². The summed E-state index contributed by atoms with van der Waals surface area (Å²) in [5.74, 6) is -1.04. The monoisotopic (exact) mass is 288 g/mol. The van der Waals surface area contributed by atoms with Crippen LogP contribution < -0.4 is 0 Å². The first-order valence-electron chi connectivity index (χ1n) is 6.63. The van der Waals surface area contributed by atoms with Crippen LogP contribution in [0.4, 0.5) is 0 Å². The van der Waals surface area contributed by atoms with Crippen LogP contribution in [-0.2, 0) is 9.47 Å². The third-order valence-electron chi connectivity index (χ3n) is 3.06. The fourth-order valence-electron chi connectivity index (χ4n) is 2.05. The molecule has 5 heteroatoms. The van der Waals surface area contributed by atoms with E-state index in [0.29, 0.717) is 23.7 Å². The number of carbonyl (C=O) groups excluding carboxylic acids is 2. The Morgan fingerprint density at radius 2 is 2.05 bits per heavy atom. The summed E-state index contributed by atoms with van der Waals surface area (Å²) < 4.78 is 10.1. The van der Waals surface area contributed by atoms with Crippen molar-refractivity contribution in [1.29, 1.82) is 0 Å². The third kappa shape index (κ3) is 3.20. The normalized spacial score (nSPS) is 10.5. The molecule has 0 spiro atoms. The van der Waals surface area contributed by atoms with Crippen LogP contribution in [0.3, 0.4) is 0 Å². The lowest BCUT2D eigenvalue weighted by atomic mass is 10.00. The fraction of sp³-hybridized carbons (Fsp3) is 0.250. The first-order valence-corrected chi connectivity index (χ1v) is 6.63. The van der Waals surface area contributed by atoms with Gasteiger partial charge >= 0.3 is 5.97 Å². The summed E-state index contributed by atoms with van der Waals surface area (Å²) in [7, 11) is 0. The van der Waals surface area contributed by atoms with E-state index in [1.165, 1.54) is 6.07 Å². The SMILES string of the molecule is CCOCCOC(=O)c1cc2ccccc2c(C=O)c1O. The Labute approximate surface area is 122 Å². The lowest BCUT2D eigenvalue weighted by molar-refractivity contribution is 0.0333. The third-order valence-corrected chi connectivity index (χ3v) is 3.06. The molecular formula is C16H16O5. The Hall–Kier alpha value is -2.40. The van der Waals surface area contributed by atoms with Gasteiger partial charge in [0.2, 0.25) is 0 Å². The van der Waals surface area contributed by atoms with E-state index >= 15 is 0 Å². The number of hydrogen-bond acceptors (Lipinski definition) is 5. The molecule has 0 heterocycles. The molecule has 0 saturated heterocycles. The molecule has 2 rings (SSSR count). The minimum atomic E-state index is -0.680. The number of aldehydes is 1. The van der Waals surface area contributed by atoms with Gasteiger partial charge in [-0.05, 0) is 23.8 Å². The van der Waals surface area contributed by atoms with Crippen molar-refractivity contribution in [2.45, 2.75) is 6.92 Å². The van der Waals surface area contributed by atoms with Gasteiger partial charge in [-0.2, -0.15) is 0 Å². The largest absolute Gasteiger partial charge is 0.506 e. The molecule has 110 valence electrons. The van der Waals surface area contributed by atoms with E-state index in [0.717, 1.165) is 0 Å². The molecule has 0 aromatic heterocycles. The zero-order valence-corrected chi connectivity index (χ0v) is 11.7. The van der Waals surface area contributed by atoms with Crippen LogP contribution in [0.5, 0.6) is 5.75 Å². The van der Waals surface area contributed by atoms with Gasteiger partial charge < -0.3 is 14.6 Å². The molecule has 2 aromatic rings. The number of ether oxygens (including phenoxy) is 2. The van der Waals surface area contributed by atoms with Crippen molar-refractivity contribution in [3.63, 3.8) is 0 Å². The van der Waals surface area contributed by atoms with Crippen molar-refractivity contribution < 1.29 is 24.2 Å². The van der Waals surface area contributed by atoms with Crippen molar-refractivity contribution >= 4 is 23.0 Å². The molecule has 0 aliphatic carbocycles. The average molecular weight is 288 g/mol. The predicted molar refractivity (Wildman–Crippen MR) is 77.8 cm³/mol. The van der Waals surface area contributed by atoms with Crippen LogP contribution >= 0.6 is 0 Å². The van der Waals surface area contributed by atoms with Gasteiger partial charge in [-0.3, -0.25) is 4.79 Å². The van der Waals surface area contributed by atoms with E-state index in [2.05, 4.69) is 0 Å². The van der Waals surface area contributed by atoms with Gasteiger partial charge in [0.25, 0.3) is 0 Å². The van der Waals surface area contributed by atoms with Gasteiger partial charge in [-0.15, -0.1) is 0 Å². The van der Waals surface area contributed by atoms with E-state index < -0.39 is 5.97 Å². The molecular weight excluding hydrogens is 272 g/mol. The summed E-state index contributed by atoms with van der Waals surface area (Å²) in [6.45, 7) is 2.76. The fourth-order valence-corrected chi connectivity index (χ4v) is 2.05. The van der Waals surface area contributed by atoms with Crippen LogP contribution in [0.15, 0.2) is 30.3 Å². The average Bonchev–Trinajstić information content (AvgIpc) is 2.51. The molecule has 0 saturated carbocycles. The van der Waals surface area contributed by atoms with Gasteiger partial charge in [-0.25, -0.2) is 4.79 Å². The Bertz CT molecular complexity index is 663. The number of fused-ring (bicyclic) bond motifs is 1. The summed E-state index contributed by atoms with van der Waals surface area (Å²) in [6, 6.07) is 8.54. The Morgan fingerprint density at radius 1 is 1.29 bits per heavy atom. The highest BCUT2D eigenvalue weighted by atomic mass is 16.6. The smallest absolute Gasteiger partial charge is 0.342 e. The second-order valence-electron chi connectivity index (χ2n) is 4.36. The molecule has 5 nitrogen and oxygen atoms in total. The van der Waals surface area contributed by atoms with Gasteiger partial charge in [0, 0.05) is 6.61 Å². The molecule has 0 bridgehead atoms. The second-order valence-corrected chi connectivity index (χ2v) is 4.36. The molecule has 1 N–H and O–H groups in total. The van der Waals surface area contributed by atoms with Crippen molar-refractivity contribution in [2.75, 3.05) is 19.8 Å². The highest BCUT2D eigenvalue weighted by Gasteiger charge is 2.18. The van der Waals surface area contributed by atoms with Crippen LogP contribution in [0, 0.1) is 0 Å². The van der Waals surface area contributed by atoms with Gasteiger partial charge in [-0.1, -0.05) is 24.3 Å². The molecule has 21 heavy (non-hydrogen) atoms. The van der Waals surface area contributed by atoms with E-state index in [9.17, 15) is 14.7 Å². The molecule has 0 radical (unpaired) electrons. The van der Waals surface area contributed by atoms with Crippen molar-refractivity contribution in [2.24, 2.45) is 0 Å². The molecule has 0 fully saturated rings. The topological polar surface area (TPSA) is 72.8 Å². The second kappa shape index (κ2) is 6.85. The molecule has 2 aromatic carbocycles. The first kappa shape index (κ1) is 15.0. The lowest BCUT2D eigenvalue weighted by Crippen LogP contribution is -2.11. The highest BCUT2D eigenvalue weighted by molar-refractivity contribution is 6.07. The Kier molecular flexibility index (Phi) is 4.90. The van der Waals surface area contributed by atoms with Crippen molar-refractivity contribution in [3.05, 3.63) is 41.5 Å². The number of esters is 1. The molecule has 0 amide bonds. The van der Waals surface area contributed by atoms with Gasteiger partial charge in [0.05, 0.1) is 12.2 Å². The van der Waals surface area contributed by atoms with Gasteiger partial charge in [0.1, 0.15) is 17.9 Å². The van der Waals surface area contributed by atoms with E-state index in [-0.39, 0.29) is 30.1 Å². The van der Waals surface area contributed by atoms with Crippen LogP contribution in [0.1, 0.15) is 27.6 Å². The number of rotatable bonds is 6. The molecule has 0 atom stereocenters. The summed E-state index contributed by atoms with van der Waals surface area (Å²) in [5, 5.41) is 11.4. The Morgan fingerprint density at radius 3 is 2.76 bits per heavy atom. The summed E-state index contributed by atoms with van der Waals surface area (Å²) in [4.78, 5) is 23.2. The zero-order valence-electron chi connectivity index (χ0n) is 11.7. The van der Waals surface area contributed by atoms with E-state index in [1.54, 1.807) is 24.3 Å². The summed E-state index contributed by atoms with van der Waals surface area (Å²) in [6.07, 6.45) is 0.536. The quantitative estimate of drug-likeness (QED) is 0.502. The van der Waals surface area contributed by atoms with E-state index in [4.69, 9.17) is 9.47 Å². The minimum absolute atomic E-state index is 0.0210. The van der Waals surface area contributed by atoms with Crippen molar-refractivity contribution in [1.82, 2.24) is 0 Å². The van der Waals surface area contributed by atoms with E-state index in [1.807, 2.05) is 6.92 Å². The van der Waals surface area contributed by atoms with Crippen LogP contribution in [0.2, 0.25) is 0 Å². The maximum Gasteiger partial charge on any atom is 0.342 e. The molecule has 0 aliphatic rings. The number of phenols is 1. The Balaban J connectivity index is 2.33. The molecule has 0 unspecified atom stereocenters. The molecule has 0 aliphatic heterocycles. The van der Waals surface area contributed by atoms with Crippen LogP contribution in [0.25, 0.3) is 10.8 Å². The number of aromatic hydroxyl groups is 1. The minimum Gasteiger partial charge on any atom is -0.506 e. The van der Waals surface area contributed by atoms with Crippen molar-refractivity contribution in [3.8, 4) is 5.75 Å². The zero-order chi connectivity index (χ0) is 15.2. The maximum atomic E-state index is 12.0. The summed E-state index contributed by atoms with van der Waals surface area (Å²) in [5.41, 5.74) is 0.0668. The first-order chi connectivity index (χ1) is 10.2. The lowest BCUT2D eigenvalue weighted by Gasteiger charge is -2.10. The number of phenolic OH excluding ortho intramolecular Hbond substituents is 1. The predicted octanol–water partition coefficient (Wildman–Crippen LogP) is 2.55. The van der Waals surface area contributed by atoms with Gasteiger partial charge in [0.15, 0.2) is 6.29 Å². The number of hydrogen-bond donors (Lipinski definition) is 1. The number of carbonyl (C=O) groups is 2. The standard InChI is InChI=1S/C16H16O5/c1-2-20-7-8-21-16(19)13-9-11-5-3-4-6-12(11)14(10-17)15(13)18/h3-6,9-10,18H,2,7-8H2,1H3. The number of benzene rings is 2. The highest BCUT2D eigenvalue weighted by Crippen LogP contribution is 2.30. The maximum absolute atomic E-state index is 12.0.